The van der Waals surface area contributed by atoms with Gasteiger partial charge in [-0.25, -0.2) is 0 Å². The minimum absolute atomic E-state index is 0.0702. The molecule has 0 unspecified atom stereocenters. The average Bonchev–Trinajstić information content (AvgIpc) is 2.61. The molecule has 1 heterocycles. The van der Waals surface area contributed by atoms with E-state index in [-0.39, 0.29) is 24.3 Å². The van der Waals surface area contributed by atoms with Crippen molar-refractivity contribution in [3.8, 4) is 0 Å². The van der Waals surface area contributed by atoms with Crippen LogP contribution in [0.3, 0.4) is 0 Å². The highest BCUT2D eigenvalue weighted by Crippen LogP contribution is 2.32. The fraction of sp³-hybridized carbons (Fsp3) is 0.222. The summed E-state index contributed by atoms with van der Waals surface area (Å²) in [5, 5.41) is 2.87. The van der Waals surface area contributed by atoms with E-state index in [0.29, 0.717) is 11.3 Å². The summed E-state index contributed by atoms with van der Waals surface area (Å²) in [7, 11) is 0. The van der Waals surface area contributed by atoms with E-state index in [1.54, 1.807) is 4.90 Å². The van der Waals surface area contributed by atoms with Gasteiger partial charge in [0.25, 0.3) is 5.91 Å². The molecule has 112 valence electrons. The molecule has 1 aliphatic rings. The highest BCUT2D eigenvalue weighted by Gasteiger charge is 2.30. The van der Waals surface area contributed by atoms with Crippen molar-refractivity contribution in [2.45, 2.75) is 26.3 Å². The number of benzene rings is 2. The second-order valence-corrected chi connectivity index (χ2v) is 5.66. The second-order valence-electron chi connectivity index (χ2n) is 5.66. The van der Waals surface area contributed by atoms with E-state index in [0.717, 1.165) is 11.3 Å². The zero-order valence-electron chi connectivity index (χ0n) is 12.7. The average molecular weight is 294 g/mol. The SMILES string of the molecule is Cc1ccc(C(=O)N2c3ccccc3NC(=O)C[C@H]2C)cc1. The summed E-state index contributed by atoms with van der Waals surface area (Å²) in [5.41, 5.74) is 3.16. The van der Waals surface area contributed by atoms with Gasteiger partial charge in [-0.05, 0) is 38.1 Å². The Balaban J connectivity index is 2.05. The zero-order chi connectivity index (χ0) is 15.7. The third-order valence-corrected chi connectivity index (χ3v) is 3.88. The summed E-state index contributed by atoms with van der Waals surface area (Å²) in [6.07, 6.45) is 0.284. The fourth-order valence-electron chi connectivity index (χ4n) is 2.73. The highest BCUT2D eigenvalue weighted by molar-refractivity contribution is 6.11. The van der Waals surface area contributed by atoms with Gasteiger partial charge in [0.05, 0.1) is 11.4 Å². The molecule has 2 aromatic rings. The summed E-state index contributed by atoms with van der Waals surface area (Å²) in [4.78, 5) is 26.6. The van der Waals surface area contributed by atoms with Crippen LogP contribution in [0.2, 0.25) is 0 Å². The van der Waals surface area contributed by atoms with E-state index in [4.69, 9.17) is 0 Å². The molecule has 1 aliphatic heterocycles. The van der Waals surface area contributed by atoms with Gasteiger partial charge in [-0.3, -0.25) is 9.59 Å². The summed E-state index contributed by atoms with van der Waals surface area (Å²) >= 11 is 0. The smallest absolute Gasteiger partial charge is 0.258 e. The van der Waals surface area contributed by atoms with Crippen molar-refractivity contribution in [3.05, 3.63) is 59.7 Å². The van der Waals surface area contributed by atoms with E-state index >= 15 is 0 Å². The summed E-state index contributed by atoms with van der Waals surface area (Å²) in [6.45, 7) is 3.88. The van der Waals surface area contributed by atoms with Gasteiger partial charge in [-0.15, -0.1) is 0 Å². The molecule has 4 heteroatoms. The number of carbonyl (C=O) groups excluding carboxylic acids is 2. The molecule has 0 fully saturated rings. The molecule has 3 rings (SSSR count). The minimum atomic E-state index is -0.197. The predicted octanol–water partition coefficient (Wildman–Crippen LogP) is 3.37. The number of hydrogen-bond donors (Lipinski definition) is 1. The Morgan fingerprint density at radius 2 is 1.82 bits per heavy atom. The first-order chi connectivity index (χ1) is 10.6. The molecule has 2 aromatic carbocycles. The molecule has 0 radical (unpaired) electrons. The van der Waals surface area contributed by atoms with Gasteiger partial charge < -0.3 is 10.2 Å². The Kier molecular flexibility index (Phi) is 3.67. The van der Waals surface area contributed by atoms with E-state index in [9.17, 15) is 9.59 Å². The Hall–Kier alpha value is -2.62. The van der Waals surface area contributed by atoms with Gasteiger partial charge in [0, 0.05) is 18.0 Å². The van der Waals surface area contributed by atoms with Crippen LogP contribution in [0, 0.1) is 6.92 Å². The first-order valence-electron chi connectivity index (χ1n) is 7.35. The van der Waals surface area contributed by atoms with Crippen LogP contribution in [0.5, 0.6) is 0 Å². The van der Waals surface area contributed by atoms with Crippen LogP contribution in [0.4, 0.5) is 11.4 Å². The predicted molar refractivity (Wildman–Crippen MR) is 87.1 cm³/mol. The number of nitrogens with zero attached hydrogens (tertiary/aromatic N) is 1. The number of para-hydroxylation sites is 2. The lowest BCUT2D eigenvalue weighted by atomic mass is 10.1. The quantitative estimate of drug-likeness (QED) is 0.876. The molecule has 2 amide bonds. The summed E-state index contributed by atoms with van der Waals surface area (Å²) in [6, 6.07) is 14.7. The van der Waals surface area contributed by atoms with Crippen LogP contribution in [0.25, 0.3) is 0 Å². The van der Waals surface area contributed by atoms with Crippen molar-refractivity contribution in [3.63, 3.8) is 0 Å². The van der Waals surface area contributed by atoms with Crippen molar-refractivity contribution in [2.24, 2.45) is 0 Å². The first-order valence-corrected chi connectivity index (χ1v) is 7.35. The number of fused-ring (bicyclic) bond motifs is 1. The molecule has 1 N–H and O–H groups in total. The Labute approximate surface area is 129 Å². The molecular weight excluding hydrogens is 276 g/mol. The molecule has 0 spiro atoms. The van der Waals surface area contributed by atoms with Crippen LogP contribution in [-0.4, -0.2) is 17.9 Å². The second kappa shape index (κ2) is 5.64. The monoisotopic (exact) mass is 294 g/mol. The lowest BCUT2D eigenvalue weighted by molar-refractivity contribution is -0.116. The molecule has 4 nitrogen and oxygen atoms in total. The molecule has 0 saturated carbocycles. The Morgan fingerprint density at radius 1 is 1.14 bits per heavy atom. The van der Waals surface area contributed by atoms with Crippen molar-refractivity contribution >= 4 is 23.2 Å². The molecule has 0 aromatic heterocycles. The summed E-state index contributed by atoms with van der Waals surface area (Å²) in [5.74, 6) is -0.157. The number of aryl methyl sites for hydroxylation is 1. The number of rotatable bonds is 1. The molecule has 0 saturated heterocycles. The zero-order valence-corrected chi connectivity index (χ0v) is 12.7. The molecule has 1 atom stereocenters. The van der Waals surface area contributed by atoms with Gasteiger partial charge >= 0.3 is 0 Å². The van der Waals surface area contributed by atoms with Crippen LogP contribution in [0.15, 0.2) is 48.5 Å². The molecule has 0 bridgehead atoms. The molecule has 0 aliphatic carbocycles. The van der Waals surface area contributed by atoms with Crippen molar-refractivity contribution in [2.75, 3.05) is 10.2 Å². The molecular formula is C18H18N2O2. The number of amides is 2. The minimum Gasteiger partial charge on any atom is -0.324 e. The van der Waals surface area contributed by atoms with Crippen LogP contribution < -0.4 is 10.2 Å². The maximum absolute atomic E-state index is 12.9. The van der Waals surface area contributed by atoms with Gasteiger partial charge in [-0.1, -0.05) is 29.8 Å². The number of hydrogen-bond acceptors (Lipinski definition) is 2. The standard InChI is InChI=1S/C18H18N2O2/c1-12-7-9-14(10-8-12)18(22)20-13(2)11-17(21)19-15-5-3-4-6-16(15)20/h3-10,13H,11H2,1-2H3,(H,19,21)/t13-/m1/s1. The Bertz CT molecular complexity index is 722. The fourth-order valence-corrected chi connectivity index (χ4v) is 2.73. The number of carbonyl (C=O) groups is 2. The van der Waals surface area contributed by atoms with Crippen molar-refractivity contribution < 1.29 is 9.59 Å². The lowest BCUT2D eigenvalue weighted by Crippen LogP contribution is -2.39. The number of anilines is 2. The lowest BCUT2D eigenvalue weighted by Gasteiger charge is -2.28. The first kappa shape index (κ1) is 14.3. The largest absolute Gasteiger partial charge is 0.324 e. The van der Waals surface area contributed by atoms with Crippen molar-refractivity contribution in [1.29, 1.82) is 0 Å². The summed E-state index contributed by atoms with van der Waals surface area (Å²) < 4.78 is 0. The van der Waals surface area contributed by atoms with E-state index in [2.05, 4.69) is 5.32 Å². The van der Waals surface area contributed by atoms with Crippen molar-refractivity contribution in [1.82, 2.24) is 0 Å². The van der Waals surface area contributed by atoms with Gasteiger partial charge in [0.1, 0.15) is 0 Å². The maximum atomic E-state index is 12.9. The van der Waals surface area contributed by atoms with Crippen LogP contribution in [-0.2, 0) is 4.79 Å². The van der Waals surface area contributed by atoms with E-state index in [1.165, 1.54) is 0 Å². The topological polar surface area (TPSA) is 49.4 Å². The normalized spacial score (nSPS) is 17.5. The maximum Gasteiger partial charge on any atom is 0.258 e. The third-order valence-electron chi connectivity index (χ3n) is 3.88. The van der Waals surface area contributed by atoms with Crippen LogP contribution >= 0.6 is 0 Å². The highest BCUT2D eigenvalue weighted by atomic mass is 16.2. The van der Waals surface area contributed by atoms with Gasteiger partial charge in [0.15, 0.2) is 0 Å². The molecule has 22 heavy (non-hydrogen) atoms. The van der Waals surface area contributed by atoms with E-state index < -0.39 is 0 Å². The van der Waals surface area contributed by atoms with Gasteiger partial charge in [0.2, 0.25) is 5.91 Å². The van der Waals surface area contributed by atoms with E-state index in [1.807, 2.05) is 62.4 Å². The third kappa shape index (κ3) is 2.60. The number of nitrogens with one attached hydrogen (secondary N) is 1. The van der Waals surface area contributed by atoms with Crippen LogP contribution in [0.1, 0.15) is 29.3 Å². The Morgan fingerprint density at radius 3 is 2.55 bits per heavy atom. The van der Waals surface area contributed by atoms with Gasteiger partial charge in [-0.2, -0.15) is 0 Å².